The zero-order chi connectivity index (χ0) is 15.5. The summed E-state index contributed by atoms with van der Waals surface area (Å²) < 4.78 is 27.1. The monoisotopic (exact) mass is 328 g/mol. The molecule has 1 N–H and O–H groups in total. The average Bonchev–Trinajstić information content (AvgIpc) is 2.48. The summed E-state index contributed by atoms with van der Waals surface area (Å²) in [5.41, 5.74) is 1.70. The number of benzene rings is 1. The molecule has 1 heterocycles. The molecule has 116 valence electrons. The van der Waals surface area contributed by atoms with Crippen LogP contribution in [0, 0.1) is 6.92 Å². The maximum absolute atomic E-state index is 12.8. The summed E-state index contributed by atoms with van der Waals surface area (Å²) in [6, 6.07) is 3.38. The van der Waals surface area contributed by atoms with E-state index < -0.39 is 10.0 Å². The van der Waals surface area contributed by atoms with Crippen molar-refractivity contribution in [2.75, 3.05) is 19.6 Å². The third-order valence-corrected chi connectivity index (χ3v) is 5.85. The molecule has 1 aromatic carbocycles. The number of rotatable bonds is 5. The first kappa shape index (κ1) is 16.5. The van der Waals surface area contributed by atoms with E-state index in [1.54, 1.807) is 6.07 Å². The molecule has 1 aromatic rings. The molecule has 0 aromatic heterocycles. The summed E-state index contributed by atoms with van der Waals surface area (Å²) in [5, 5.41) is 3.67. The number of sulfonamides is 1. The number of halogens is 1. The fourth-order valence-corrected chi connectivity index (χ4v) is 4.40. The highest BCUT2D eigenvalue weighted by Gasteiger charge is 2.27. The summed E-state index contributed by atoms with van der Waals surface area (Å²) in [7, 11) is -3.49. The van der Waals surface area contributed by atoms with Crippen molar-refractivity contribution < 1.29 is 8.42 Å². The lowest BCUT2D eigenvalue weighted by molar-refractivity contribution is 0.437. The second-order valence-corrected chi connectivity index (χ2v) is 7.43. The van der Waals surface area contributed by atoms with Crippen LogP contribution in [0.4, 0.5) is 0 Å². The highest BCUT2D eigenvalue weighted by molar-refractivity contribution is 7.89. The molecule has 0 fully saturated rings. The third-order valence-electron chi connectivity index (χ3n) is 3.64. The lowest BCUT2D eigenvalue weighted by Crippen LogP contribution is -2.34. The molecule has 21 heavy (non-hydrogen) atoms. The number of hydrogen-bond donors (Lipinski definition) is 1. The van der Waals surface area contributed by atoms with Gasteiger partial charge in [0.25, 0.3) is 0 Å². The Morgan fingerprint density at radius 1 is 1.33 bits per heavy atom. The molecule has 1 aliphatic rings. The predicted molar refractivity (Wildman–Crippen MR) is 86.1 cm³/mol. The largest absolute Gasteiger partial charge is 0.313 e. The summed E-state index contributed by atoms with van der Waals surface area (Å²) in [5.74, 6) is 0. The Bertz CT molecular complexity index is 641. The minimum Gasteiger partial charge on any atom is -0.313 e. The van der Waals surface area contributed by atoms with Crippen LogP contribution in [0.25, 0.3) is 0 Å². The highest BCUT2D eigenvalue weighted by Crippen LogP contribution is 2.27. The normalized spacial score (nSPS) is 16.3. The van der Waals surface area contributed by atoms with Gasteiger partial charge in [-0.3, -0.25) is 0 Å². The minimum atomic E-state index is -3.49. The van der Waals surface area contributed by atoms with Gasteiger partial charge in [-0.05, 0) is 43.1 Å². The fraction of sp³-hybridized carbons (Fsp3) is 0.467. The Hall–Kier alpha value is -0.880. The van der Waals surface area contributed by atoms with Crippen LogP contribution < -0.4 is 5.32 Å². The van der Waals surface area contributed by atoms with Gasteiger partial charge in [0.15, 0.2) is 0 Å². The van der Waals surface area contributed by atoms with Gasteiger partial charge in [-0.1, -0.05) is 30.7 Å². The van der Waals surface area contributed by atoms with Gasteiger partial charge in [0.2, 0.25) is 10.0 Å². The lowest BCUT2D eigenvalue weighted by atomic mass is 10.1. The van der Waals surface area contributed by atoms with Gasteiger partial charge in [0, 0.05) is 24.7 Å². The van der Waals surface area contributed by atoms with Crippen molar-refractivity contribution in [2.45, 2.75) is 31.7 Å². The van der Waals surface area contributed by atoms with Gasteiger partial charge in [-0.2, -0.15) is 4.31 Å². The van der Waals surface area contributed by atoms with Gasteiger partial charge in [0.05, 0.1) is 4.90 Å². The molecule has 0 spiro atoms. The van der Waals surface area contributed by atoms with Gasteiger partial charge >= 0.3 is 0 Å². The van der Waals surface area contributed by atoms with Crippen LogP contribution in [0.2, 0.25) is 5.02 Å². The number of nitrogens with zero attached hydrogens (tertiary/aromatic N) is 1. The number of hydrogen-bond acceptors (Lipinski definition) is 3. The molecule has 0 saturated heterocycles. The van der Waals surface area contributed by atoms with Crippen molar-refractivity contribution in [3.8, 4) is 0 Å². The summed E-state index contributed by atoms with van der Waals surface area (Å²) in [6.07, 6.45) is 4.65. The van der Waals surface area contributed by atoms with E-state index in [4.69, 9.17) is 11.6 Å². The SMILES string of the molecule is CCNCc1cc(Cl)cc(S(=O)(=O)N2CC=CCC2)c1C. The van der Waals surface area contributed by atoms with Gasteiger partial charge in [0.1, 0.15) is 0 Å². The van der Waals surface area contributed by atoms with E-state index in [1.807, 2.05) is 32.1 Å². The van der Waals surface area contributed by atoms with Crippen LogP contribution in [0.1, 0.15) is 24.5 Å². The van der Waals surface area contributed by atoms with Crippen LogP contribution in [-0.2, 0) is 16.6 Å². The first-order valence-corrected chi connectivity index (χ1v) is 8.93. The van der Waals surface area contributed by atoms with E-state index in [0.29, 0.717) is 29.6 Å². The van der Waals surface area contributed by atoms with E-state index in [1.165, 1.54) is 4.31 Å². The standard InChI is InChI=1S/C15H21ClN2O2S/c1-3-17-11-13-9-14(16)10-15(12(13)2)21(19,20)18-7-5-4-6-8-18/h4-5,9-10,17H,3,6-8,11H2,1-2H3. The van der Waals surface area contributed by atoms with Gasteiger partial charge in [-0.25, -0.2) is 8.42 Å². The molecule has 0 saturated carbocycles. The zero-order valence-electron chi connectivity index (χ0n) is 12.4. The van der Waals surface area contributed by atoms with Crippen molar-refractivity contribution in [2.24, 2.45) is 0 Å². The van der Waals surface area contributed by atoms with Crippen LogP contribution in [0.5, 0.6) is 0 Å². The maximum Gasteiger partial charge on any atom is 0.243 e. The highest BCUT2D eigenvalue weighted by atomic mass is 35.5. The molecular weight excluding hydrogens is 308 g/mol. The van der Waals surface area contributed by atoms with Crippen LogP contribution in [0.15, 0.2) is 29.2 Å². The molecule has 0 bridgehead atoms. The quantitative estimate of drug-likeness (QED) is 0.845. The topological polar surface area (TPSA) is 49.4 Å². The first-order valence-electron chi connectivity index (χ1n) is 7.11. The van der Waals surface area contributed by atoms with Crippen molar-refractivity contribution >= 4 is 21.6 Å². The Morgan fingerprint density at radius 3 is 2.71 bits per heavy atom. The van der Waals surface area contributed by atoms with Crippen molar-refractivity contribution in [3.05, 3.63) is 40.4 Å². The number of nitrogens with one attached hydrogen (secondary N) is 1. The molecule has 0 aliphatic carbocycles. The van der Waals surface area contributed by atoms with Gasteiger partial charge < -0.3 is 5.32 Å². The predicted octanol–water partition coefficient (Wildman–Crippen LogP) is 2.71. The molecule has 6 heteroatoms. The first-order chi connectivity index (χ1) is 9.96. The van der Waals surface area contributed by atoms with E-state index in [9.17, 15) is 8.42 Å². The molecule has 0 atom stereocenters. The maximum atomic E-state index is 12.8. The smallest absolute Gasteiger partial charge is 0.243 e. The molecule has 0 amide bonds. The lowest BCUT2D eigenvalue weighted by Gasteiger charge is -2.24. The summed E-state index contributed by atoms with van der Waals surface area (Å²) in [4.78, 5) is 0.318. The van der Waals surface area contributed by atoms with Crippen molar-refractivity contribution in [3.63, 3.8) is 0 Å². The van der Waals surface area contributed by atoms with Crippen molar-refractivity contribution in [1.82, 2.24) is 9.62 Å². The van der Waals surface area contributed by atoms with Crippen LogP contribution in [-0.4, -0.2) is 32.4 Å². The Kier molecular flexibility index (Phi) is 5.43. The molecule has 1 aliphatic heterocycles. The van der Waals surface area contributed by atoms with E-state index in [-0.39, 0.29) is 0 Å². The van der Waals surface area contributed by atoms with Crippen molar-refractivity contribution in [1.29, 1.82) is 0 Å². The second-order valence-electron chi connectivity index (χ2n) is 5.09. The Labute approximate surface area is 131 Å². The van der Waals surface area contributed by atoms with E-state index in [2.05, 4.69) is 5.32 Å². The molecule has 4 nitrogen and oxygen atoms in total. The van der Waals surface area contributed by atoms with Crippen LogP contribution >= 0.6 is 11.6 Å². The molecule has 2 rings (SSSR count). The van der Waals surface area contributed by atoms with Crippen LogP contribution in [0.3, 0.4) is 0 Å². The molecule has 0 radical (unpaired) electrons. The molecular formula is C15H21ClN2O2S. The average molecular weight is 329 g/mol. The second kappa shape index (κ2) is 6.92. The zero-order valence-corrected chi connectivity index (χ0v) is 14.0. The Morgan fingerprint density at radius 2 is 2.10 bits per heavy atom. The minimum absolute atomic E-state index is 0.318. The fourth-order valence-electron chi connectivity index (χ4n) is 2.40. The Balaban J connectivity index is 2.42. The third kappa shape index (κ3) is 3.66. The van der Waals surface area contributed by atoms with E-state index >= 15 is 0 Å². The van der Waals surface area contributed by atoms with E-state index in [0.717, 1.165) is 24.1 Å². The van der Waals surface area contributed by atoms with Gasteiger partial charge in [-0.15, -0.1) is 0 Å². The summed E-state index contributed by atoms with van der Waals surface area (Å²) >= 11 is 6.12. The summed E-state index contributed by atoms with van der Waals surface area (Å²) in [6.45, 7) is 6.24. The molecule has 0 unspecified atom stereocenters.